The van der Waals surface area contributed by atoms with Crippen LogP contribution >= 0.6 is 0 Å². The van der Waals surface area contributed by atoms with Gasteiger partial charge in [0.2, 0.25) is 11.6 Å². The monoisotopic (exact) mass is 225 g/mol. The molecule has 0 spiro atoms. The predicted octanol–water partition coefficient (Wildman–Crippen LogP) is 1.48. The van der Waals surface area contributed by atoms with Crippen molar-refractivity contribution in [2.75, 3.05) is 6.61 Å². The average Bonchev–Trinajstić information content (AvgIpc) is 2.67. The maximum absolute atomic E-state index is 14.2. The van der Waals surface area contributed by atoms with Crippen molar-refractivity contribution in [3.63, 3.8) is 0 Å². The second-order valence-electron chi connectivity index (χ2n) is 3.85. The van der Waals surface area contributed by atoms with Gasteiger partial charge in [-0.05, 0) is 6.08 Å². The Kier molecular flexibility index (Phi) is 2.77. The van der Waals surface area contributed by atoms with Crippen LogP contribution in [0.5, 0.6) is 0 Å². The van der Waals surface area contributed by atoms with Crippen molar-refractivity contribution in [1.82, 2.24) is 0 Å². The molecular formula is C11H12FNO3. The summed E-state index contributed by atoms with van der Waals surface area (Å²) in [5, 5.41) is 8.59. The first-order valence-electron chi connectivity index (χ1n) is 5.06. The standard InChI is InChI=1S/C11H12FNO3/c12-11(4-2-1-3-5-11)10-13-8(7-16-10)6-9(14)15/h1-4,8H,5-7H2,(H,14,15). The number of hydrogen-bond donors (Lipinski definition) is 1. The van der Waals surface area contributed by atoms with Crippen LogP contribution in [0.3, 0.4) is 0 Å². The Morgan fingerprint density at radius 1 is 1.69 bits per heavy atom. The number of ether oxygens (including phenoxy) is 1. The third kappa shape index (κ3) is 2.13. The van der Waals surface area contributed by atoms with Crippen LogP contribution in [0.2, 0.25) is 0 Å². The predicted molar refractivity (Wildman–Crippen MR) is 56.2 cm³/mol. The Bertz CT molecular complexity index is 389. The molecule has 0 saturated carbocycles. The van der Waals surface area contributed by atoms with Gasteiger partial charge in [0.25, 0.3) is 0 Å². The highest BCUT2D eigenvalue weighted by molar-refractivity contribution is 5.89. The van der Waals surface area contributed by atoms with Crippen molar-refractivity contribution in [2.24, 2.45) is 4.99 Å². The molecule has 0 fully saturated rings. The van der Waals surface area contributed by atoms with E-state index in [1.165, 1.54) is 6.08 Å². The molecule has 1 aliphatic carbocycles. The number of aliphatic carboxylic acids is 1. The van der Waals surface area contributed by atoms with Gasteiger partial charge in [0.15, 0.2) is 0 Å². The molecule has 0 amide bonds. The molecule has 16 heavy (non-hydrogen) atoms. The minimum atomic E-state index is -1.71. The van der Waals surface area contributed by atoms with Crippen molar-refractivity contribution in [3.8, 4) is 0 Å². The number of alkyl halides is 1. The maximum atomic E-state index is 14.2. The highest BCUT2D eigenvalue weighted by Gasteiger charge is 2.39. The molecule has 2 rings (SSSR count). The molecule has 1 N–H and O–H groups in total. The van der Waals surface area contributed by atoms with E-state index in [4.69, 9.17) is 9.84 Å². The lowest BCUT2D eigenvalue weighted by molar-refractivity contribution is -0.137. The van der Waals surface area contributed by atoms with Gasteiger partial charge in [0.1, 0.15) is 6.61 Å². The zero-order valence-corrected chi connectivity index (χ0v) is 8.60. The second kappa shape index (κ2) is 4.08. The second-order valence-corrected chi connectivity index (χ2v) is 3.85. The molecule has 1 heterocycles. The molecule has 0 aromatic rings. The Labute approximate surface area is 92.1 Å². The number of halogens is 1. The Balaban J connectivity index is 2.08. The number of hydrogen-bond acceptors (Lipinski definition) is 3. The van der Waals surface area contributed by atoms with Crippen molar-refractivity contribution >= 4 is 11.9 Å². The summed E-state index contributed by atoms with van der Waals surface area (Å²) >= 11 is 0. The lowest BCUT2D eigenvalue weighted by Crippen LogP contribution is -2.32. The zero-order valence-electron chi connectivity index (χ0n) is 8.60. The molecule has 2 atom stereocenters. The summed E-state index contributed by atoms with van der Waals surface area (Å²) in [6.07, 6.45) is 6.48. The third-order valence-corrected chi connectivity index (χ3v) is 2.50. The molecule has 0 aromatic carbocycles. The van der Waals surface area contributed by atoms with E-state index >= 15 is 0 Å². The van der Waals surface area contributed by atoms with Crippen LogP contribution in [0.25, 0.3) is 0 Å². The van der Waals surface area contributed by atoms with Crippen molar-refractivity contribution < 1.29 is 19.0 Å². The van der Waals surface area contributed by atoms with E-state index in [1.54, 1.807) is 18.2 Å². The van der Waals surface area contributed by atoms with Gasteiger partial charge in [0, 0.05) is 6.42 Å². The summed E-state index contributed by atoms with van der Waals surface area (Å²) in [5.74, 6) is -0.954. The van der Waals surface area contributed by atoms with Crippen LogP contribution in [0.4, 0.5) is 4.39 Å². The number of nitrogens with zero attached hydrogens (tertiary/aromatic N) is 1. The van der Waals surface area contributed by atoms with E-state index in [-0.39, 0.29) is 25.3 Å². The van der Waals surface area contributed by atoms with Gasteiger partial charge >= 0.3 is 5.97 Å². The number of carboxylic acid groups (broad SMARTS) is 1. The average molecular weight is 225 g/mol. The highest BCUT2D eigenvalue weighted by Crippen LogP contribution is 2.28. The summed E-state index contributed by atoms with van der Waals surface area (Å²) in [7, 11) is 0. The topological polar surface area (TPSA) is 58.9 Å². The summed E-state index contributed by atoms with van der Waals surface area (Å²) in [5.41, 5.74) is -1.71. The Hall–Kier alpha value is -1.65. The number of carboxylic acids is 1. The lowest BCUT2D eigenvalue weighted by atomic mass is 9.97. The molecular weight excluding hydrogens is 213 g/mol. The zero-order chi connectivity index (χ0) is 11.6. The minimum Gasteiger partial charge on any atom is -0.481 e. The Morgan fingerprint density at radius 2 is 2.50 bits per heavy atom. The molecule has 2 unspecified atom stereocenters. The van der Waals surface area contributed by atoms with E-state index in [9.17, 15) is 9.18 Å². The fourth-order valence-corrected chi connectivity index (χ4v) is 1.70. The molecule has 0 aromatic heterocycles. The summed E-state index contributed by atoms with van der Waals surface area (Å²) < 4.78 is 19.4. The van der Waals surface area contributed by atoms with Gasteiger partial charge in [-0.1, -0.05) is 18.2 Å². The van der Waals surface area contributed by atoms with Gasteiger partial charge in [0.05, 0.1) is 12.5 Å². The molecule has 0 bridgehead atoms. The van der Waals surface area contributed by atoms with Gasteiger partial charge < -0.3 is 9.84 Å². The normalized spacial score (nSPS) is 32.3. The maximum Gasteiger partial charge on any atom is 0.305 e. The smallest absolute Gasteiger partial charge is 0.305 e. The summed E-state index contributed by atoms with van der Waals surface area (Å²) in [6, 6.07) is -0.473. The molecule has 4 nitrogen and oxygen atoms in total. The van der Waals surface area contributed by atoms with Crippen LogP contribution in [0.15, 0.2) is 29.3 Å². The van der Waals surface area contributed by atoms with Crippen LogP contribution < -0.4 is 0 Å². The van der Waals surface area contributed by atoms with Gasteiger partial charge in [-0.25, -0.2) is 9.38 Å². The number of rotatable bonds is 3. The van der Waals surface area contributed by atoms with E-state index in [1.807, 2.05) is 0 Å². The van der Waals surface area contributed by atoms with Crippen LogP contribution in [0.1, 0.15) is 12.8 Å². The van der Waals surface area contributed by atoms with Gasteiger partial charge in [-0.3, -0.25) is 4.79 Å². The number of aliphatic imine (C=N–C) groups is 1. The largest absolute Gasteiger partial charge is 0.481 e. The number of carbonyl (C=O) groups is 1. The van der Waals surface area contributed by atoms with E-state index in [0.717, 1.165) is 0 Å². The fourth-order valence-electron chi connectivity index (χ4n) is 1.70. The van der Waals surface area contributed by atoms with E-state index < -0.39 is 17.7 Å². The van der Waals surface area contributed by atoms with Crippen molar-refractivity contribution in [3.05, 3.63) is 24.3 Å². The lowest BCUT2D eigenvalue weighted by Gasteiger charge is -2.20. The minimum absolute atomic E-state index is 0.000602. The molecule has 0 radical (unpaired) electrons. The third-order valence-electron chi connectivity index (χ3n) is 2.50. The molecule has 5 heteroatoms. The fraction of sp³-hybridized carbons (Fsp3) is 0.455. The van der Waals surface area contributed by atoms with Gasteiger partial charge in [-0.2, -0.15) is 0 Å². The van der Waals surface area contributed by atoms with E-state index in [0.29, 0.717) is 0 Å². The van der Waals surface area contributed by atoms with E-state index in [2.05, 4.69) is 4.99 Å². The summed E-state index contributed by atoms with van der Waals surface area (Å²) in [4.78, 5) is 14.5. The molecule has 1 aliphatic heterocycles. The highest BCUT2D eigenvalue weighted by atomic mass is 19.1. The first-order chi connectivity index (χ1) is 7.60. The van der Waals surface area contributed by atoms with Crippen LogP contribution in [-0.2, 0) is 9.53 Å². The van der Waals surface area contributed by atoms with Gasteiger partial charge in [-0.15, -0.1) is 0 Å². The van der Waals surface area contributed by atoms with Crippen LogP contribution in [-0.4, -0.2) is 35.3 Å². The van der Waals surface area contributed by atoms with Crippen molar-refractivity contribution in [1.29, 1.82) is 0 Å². The molecule has 86 valence electrons. The molecule has 2 aliphatic rings. The first kappa shape index (κ1) is 10.9. The quantitative estimate of drug-likeness (QED) is 0.791. The van der Waals surface area contributed by atoms with Crippen LogP contribution in [0, 0.1) is 0 Å². The SMILES string of the molecule is O=C(O)CC1COC(C2(F)C=CC=CC2)=N1. The number of allylic oxidation sites excluding steroid dienone is 3. The first-order valence-corrected chi connectivity index (χ1v) is 5.06. The van der Waals surface area contributed by atoms with Crippen molar-refractivity contribution in [2.45, 2.75) is 24.6 Å². The summed E-state index contributed by atoms with van der Waals surface area (Å²) in [6.45, 7) is 0.144. The Morgan fingerprint density at radius 3 is 3.12 bits per heavy atom. The molecule has 0 saturated heterocycles.